The van der Waals surface area contributed by atoms with Crippen LogP contribution in [0.3, 0.4) is 0 Å². The Kier molecular flexibility index (Phi) is 2.90. The average molecular weight is 252 g/mol. The molecule has 0 bridgehead atoms. The summed E-state index contributed by atoms with van der Waals surface area (Å²) in [6, 6.07) is 4.24. The third kappa shape index (κ3) is 1.88. The predicted octanol–water partition coefficient (Wildman–Crippen LogP) is 1.36. The maximum atomic E-state index is 12.2. The molecule has 0 aliphatic carbocycles. The van der Waals surface area contributed by atoms with E-state index in [1.165, 1.54) is 4.88 Å². The fourth-order valence-corrected chi connectivity index (χ4v) is 3.32. The number of carbonyl (C=O) groups excluding carboxylic acids is 1. The maximum Gasteiger partial charge on any atom is 0.241 e. The van der Waals surface area contributed by atoms with Crippen LogP contribution in [0.5, 0.6) is 0 Å². The monoisotopic (exact) mass is 252 g/mol. The Morgan fingerprint density at radius 3 is 3.12 bits per heavy atom. The molecule has 2 aliphatic rings. The molecule has 1 N–H and O–H groups in total. The molecule has 92 valence electrons. The van der Waals surface area contributed by atoms with E-state index in [2.05, 4.69) is 11.4 Å². The van der Waals surface area contributed by atoms with E-state index in [0.717, 1.165) is 13.0 Å². The minimum Gasteiger partial charge on any atom is -0.379 e. The maximum absolute atomic E-state index is 12.2. The van der Waals surface area contributed by atoms with E-state index < -0.39 is 0 Å². The highest BCUT2D eigenvalue weighted by Gasteiger charge is 2.42. The molecule has 1 amide bonds. The van der Waals surface area contributed by atoms with Crippen molar-refractivity contribution in [2.24, 2.45) is 0 Å². The Bertz CT molecular complexity index is 401. The Balaban J connectivity index is 1.88. The largest absolute Gasteiger partial charge is 0.379 e. The predicted molar refractivity (Wildman–Crippen MR) is 65.7 cm³/mol. The van der Waals surface area contributed by atoms with Crippen LogP contribution in [0.2, 0.25) is 0 Å². The molecule has 2 aliphatic heterocycles. The number of thiophene rings is 1. The first-order valence-electron chi connectivity index (χ1n) is 5.97. The van der Waals surface area contributed by atoms with Crippen LogP contribution in [0.25, 0.3) is 0 Å². The smallest absolute Gasteiger partial charge is 0.241 e. The molecule has 17 heavy (non-hydrogen) atoms. The quantitative estimate of drug-likeness (QED) is 0.864. The van der Waals surface area contributed by atoms with Gasteiger partial charge in [0.1, 0.15) is 6.17 Å². The molecule has 2 fully saturated rings. The van der Waals surface area contributed by atoms with Crippen LogP contribution in [-0.2, 0) is 9.53 Å². The minimum absolute atomic E-state index is 0.0317. The van der Waals surface area contributed by atoms with Gasteiger partial charge in [0.05, 0.1) is 18.7 Å². The van der Waals surface area contributed by atoms with Crippen molar-refractivity contribution in [1.29, 1.82) is 0 Å². The highest BCUT2D eigenvalue weighted by molar-refractivity contribution is 7.10. The van der Waals surface area contributed by atoms with Gasteiger partial charge in [0.2, 0.25) is 5.91 Å². The van der Waals surface area contributed by atoms with Crippen LogP contribution >= 0.6 is 11.3 Å². The van der Waals surface area contributed by atoms with Gasteiger partial charge in [-0.25, -0.2) is 0 Å². The second kappa shape index (κ2) is 4.40. The van der Waals surface area contributed by atoms with Crippen molar-refractivity contribution in [3.63, 3.8) is 0 Å². The Morgan fingerprint density at radius 2 is 2.47 bits per heavy atom. The lowest BCUT2D eigenvalue weighted by Gasteiger charge is -2.28. The molecule has 3 unspecified atom stereocenters. The van der Waals surface area contributed by atoms with E-state index in [9.17, 15) is 4.79 Å². The molecular formula is C12H16N2O2S. The summed E-state index contributed by atoms with van der Waals surface area (Å²) in [5, 5.41) is 5.41. The number of ether oxygens (including phenoxy) is 1. The van der Waals surface area contributed by atoms with Crippen LogP contribution in [0.1, 0.15) is 24.4 Å². The molecule has 1 aromatic rings. The van der Waals surface area contributed by atoms with Crippen molar-refractivity contribution in [3.8, 4) is 0 Å². The molecule has 2 saturated heterocycles. The number of rotatable bonds is 2. The highest BCUT2D eigenvalue weighted by Crippen LogP contribution is 2.32. The SMILES string of the molecule is CC1NC(c2cccs2)N(C2CCOC2)C1=O. The van der Waals surface area contributed by atoms with Crippen molar-refractivity contribution in [3.05, 3.63) is 22.4 Å². The van der Waals surface area contributed by atoms with Gasteiger partial charge in [-0.1, -0.05) is 6.07 Å². The van der Waals surface area contributed by atoms with E-state index in [4.69, 9.17) is 4.74 Å². The molecule has 0 saturated carbocycles. The van der Waals surface area contributed by atoms with E-state index in [1.54, 1.807) is 11.3 Å². The molecule has 5 heteroatoms. The summed E-state index contributed by atoms with van der Waals surface area (Å²) in [4.78, 5) is 15.4. The first-order valence-corrected chi connectivity index (χ1v) is 6.84. The van der Waals surface area contributed by atoms with Crippen molar-refractivity contribution < 1.29 is 9.53 Å². The van der Waals surface area contributed by atoms with Gasteiger partial charge >= 0.3 is 0 Å². The molecule has 0 spiro atoms. The molecule has 0 aromatic carbocycles. The van der Waals surface area contributed by atoms with E-state index in [0.29, 0.717) is 6.61 Å². The van der Waals surface area contributed by atoms with Gasteiger partial charge in [-0.2, -0.15) is 0 Å². The average Bonchev–Trinajstić information content (AvgIpc) is 3.01. The van der Waals surface area contributed by atoms with Crippen LogP contribution in [0.4, 0.5) is 0 Å². The fourth-order valence-electron chi connectivity index (χ4n) is 2.54. The van der Waals surface area contributed by atoms with Crippen molar-refractivity contribution >= 4 is 17.2 Å². The Labute approximate surface area is 105 Å². The summed E-state index contributed by atoms with van der Waals surface area (Å²) < 4.78 is 5.40. The molecule has 3 rings (SSSR count). The van der Waals surface area contributed by atoms with Crippen LogP contribution in [0.15, 0.2) is 17.5 Å². The number of nitrogens with zero attached hydrogens (tertiary/aromatic N) is 1. The van der Waals surface area contributed by atoms with E-state index >= 15 is 0 Å². The second-order valence-electron chi connectivity index (χ2n) is 4.57. The third-order valence-electron chi connectivity index (χ3n) is 3.42. The van der Waals surface area contributed by atoms with Gasteiger partial charge < -0.3 is 9.64 Å². The second-order valence-corrected chi connectivity index (χ2v) is 5.55. The van der Waals surface area contributed by atoms with Gasteiger partial charge in [0, 0.05) is 11.5 Å². The first kappa shape index (κ1) is 11.2. The summed E-state index contributed by atoms with van der Waals surface area (Å²) in [5.41, 5.74) is 0. The highest BCUT2D eigenvalue weighted by atomic mass is 32.1. The van der Waals surface area contributed by atoms with Gasteiger partial charge in [0.15, 0.2) is 0 Å². The first-order chi connectivity index (χ1) is 8.27. The zero-order valence-electron chi connectivity index (χ0n) is 9.76. The Morgan fingerprint density at radius 1 is 1.59 bits per heavy atom. The van der Waals surface area contributed by atoms with Gasteiger partial charge in [0.25, 0.3) is 0 Å². The van der Waals surface area contributed by atoms with Crippen LogP contribution in [0, 0.1) is 0 Å². The standard InChI is InChI=1S/C12H16N2O2S/c1-8-12(15)14(9-4-5-16-7-9)11(13-8)10-3-2-6-17-10/h2-3,6,8-9,11,13H,4-5,7H2,1H3. The molecule has 1 aromatic heterocycles. The number of hydrogen-bond acceptors (Lipinski definition) is 4. The molecule has 3 atom stereocenters. The normalized spacial score (nSPS) is 33.6. The summed E-state index contributed by atoms with van der Waals surface area (Å²) >= 11 is 1.69. The third-order valence-corrected chi connectivity index (χ3v) is 4.35. The number of carbonyl (C=O) groups is 1. The summed E-state index contributed by atoms with van der Waals surface area (Å²) in [7, 11) is 0. The molecule has 0 radical (unpaired) electrons. The van der Waals surface area contributed by atoms with Crippen molar-refractivity contribution in [2.75, 3.05) is 13.2 Å². The van der Waals surface area contributed by atoms with Gasteiger partial charge in [-0.05, 0) is 24.8 Å². The Hall–Kier alpha value is -0.910. The number of amides is 1. The van der Waals surface area contributed by atoms with Crippen LogP contribution in [-0.4, -0.2) is 36.1 Å². The lowest BCUT2D eigenvalue weighted by Crippen LogP contribution is -2.40. The zero-order valence-corrected chi connectivity index (χ0v) is 10.6. The summed E-state index contributed by atoms with van der Waals surface area (Å²) in [5.74, 6) is 0.193. The van der Waals surface area contributed by atoms with Crippen molar-refractivity contribution in [1.82, 2.24) is 10.2 Å². The van der Waals surface area contributed by atoms with E-state index in [-0.39, 0.29) is 24.2 Å². The summed E-state index contributed by atoms with van der Waals surface area (Å²) in [6.45, 7) is 3.36. The van der Waals surface area contributed by atoms with Crippen molar-refractivity contribution in [2.45, 2.75) is 31.6 Å². The summed E-state index contributed by atoms with van der Waals surface area (Å²) in [6.07, 6.45) is 0.978. The minimum atomic E-state index is -0.0947. The van der Waals surface area contributed by atoms with Gasteiger partial charge in [-0.3, -0.25) is 10.1 Å². The molecule has 4 nitrogen and oxygen atoms in total. The number of hydrogen-bond donors (Lipinski definition) is 1. The molecular weight excluding hydrogens is 236 g/mol. The van der Waals surface area contributed by atoms with Crippen LogP contribution < -0.4 is 5.32 Å². The lowest BCUT2D eigenvalue weighted by atomic mass is 10.2. The van der Waals surface area contributed by atoms with Gasteiger partial charge in [-0.15, -0.1) is 11.3 Å². The fraction of sp³-hybridized carbons (Fsp3) is 0.583. The zero-order chi connectivity index (χ0) is 11.8. The van der Waals surface area contributed by atoms with E-state index in [1.807, 2.05) is 23.3 Å². The topological polar surface area (TPSA) is 41.6 Å². The number of nitrogens with one attached hydrogen (secondary N) is 1. The lowest BCUT2D eigenvalue weighted by molar-refractivity contribution is -0.132. The molecule has 3 heterocycles.